The van der Waals surface area contributed by atoms with E-state index in [1.165, 1.54) is 12.8 Å². The molecule has 2 unspecified atom stereocenters. The van der Waals surface area contributed by atoms with E-state index >= 15 is 0 Å². The van der Waals surface area contributed by atoms with Crippen LogP contribution >= 0.6 is 0 Å². The van der Waals surface area contributed by atoms with Gasteiger partial charge < -0.3 is 11.1 Å². The zero-order valence-electron chi connectivity index (χ0n) is 13.2. The maximum Gasteiger partial charge on any atom is 0.220 e. The number of rotatable bonds is 8. The van der Waals surface area contributed by atoms with E-state index in [1.54, 1.807) is 0 Å². The molecule has 112 valence electrons. The molecule has 0 spiro atoms. The van der Waals surface area contributed by atoms with Crippen LogP contribution in [0.4, 0.5) is 0 Å². The maximum atomic E-state index is 11.9. The Morgan fingerprint density at radius 1 is 1.32 bits per heavy atom. The largest absolute Gasteiger partial charge is 0.356 e. The fourth-order valence-electron chi connectivity index (χ4n) is 2.71. The standard InChI is InChI=1S/C16H32N2O/c1-12(13-5-6-13)11-18-15(19)8-7-14(9-10-17)16(2,3)4/h12-14H,5-11,17H2,1-4H3,(H,18,19). The van der Waals surface area contributed by atoms with Gasteiger partial charge in [0.05, 0.1) is 0 Å². The Bertz CT molecular complexity index is 279. The quantitative estimate of drug-likeness (QED) is 0.711. The molecule has 3 nitrogen and oxygen atoms in total. The highest BCUT2D eigenvalue weighted by molar-refractivity contribution is 5.75. The molecule has 0 radical (unpaired) electrons. The van der Waals surface area contributed by atoms with Crippen LogP contribution in [-0.2, 0) is 4.79 Å². The van der Waals surface area contributed by atoms with Gasteiger partial charge in [-0.15, -0.1) is 0 Å². The van der Waals surface area contributed by atoms with Gasteiger partial charge in [0.15, 0.2) is 0 Å². The molecule has 0 bridgehead atoms. The summed E-state index contributed by atoms with van der Waals surface area (Å²) in [7, 11) is 0. The molecule has 0 aromatic rings. The van der Waals surface area contributed by atoms with E-state index in [9.17, 15) is 4.79 Å². The van der Waals surface area contributed by atoms with Gasteiger partial charge in [-0.3, -0.25) is 4.79 Å². The van der Waals surface area contributed by atoms with Crippen LogP contribution in [0.3, 0.4) is 0 Å². The first kappa shape index (κ1) is 16.5. The summed E-state index contributed by atoms with van der Waals surface area (Å²) in [5, 5.41) is 3.08. The summed E-state index contributed by atoms with van der Waals surface area (Å²) in [4.78, 5) is 11.9. The molecule has 0 heterocycles. The highest BCUT2D eigenvalue weighted by atomic mass is 16.1. The topological polar surface area (TPSA) is 55.1 Å². The lowest BCUT2D eigenvalue weighted by atomic mass is 9.76. The van der Waals surface area contributed by atoms with E-state index in [-0.39, 0.29) is 11.3 Å². The van der Waals surface area contributed by atoms with Crippen LogP contribution < -0.4 is 11.1 Å². The molecule has 2 atom stereocenters. The van der Waals surface area contributed by atoms with E-state index in [2.05, 4.69) is 33.0 Å². The zero-order valence-corrected chi connectivity index (χ0v) is 13.2. The van der Waals surface area contributed by atoms with Crippen molar-refractivity contribution in [3.8, 4) is 0 Å². The van der Waals surface area contributed by atoms with Crippen molar-refractivity contribution in [3.05, 3.63) is 0 Å². The Morgan fingerprint density at radius 3 is 2.42 bits per heavy atom. The molecule has 3 N–H and O–H groups in total. The number of nitrogens with two attached hydrogens (primary N) is 1. The first-order valence-corrected chi connectivity index (χ1v) is 7.81. The molecule has 0 aliphatic heterocycles. The molecule has 1 rings (SSSR count). The first-order valence-electron chi connectivity index (χ1n) is 7.81. The van der Waals surface area contributed by atoms with Crippen LogP contribution in [0.1, 0.15) is 59.8 Å². The number of hydrogen-bond acceptors (Lipinski definition) is 2. The molecule has 1 aliphatic carbocycles. The second-order valence-electron chi connectivity index (χ2n) is 7.30. The van der Waals surface area contributed by atoms with Crippen molar-refractivity contribution in [1.82, 2.24) is 5.32 Å². The van der Waals surface area contributed by atoms with E-state index < -0.39 is 0 Å². The van der Waals surface area contributed by atoms with Gasteiger partial charge in [0.2, 0.25) is 5.91 Å². The third-order valence-corrected chi connectivity index (χ3v) is 4.51. The number of nitrogens with one attached hydrogen (secondary N) is 1. The molecule has 19 heavy (non-hydrogen) atoms. The summed E-state index contributed by atoms with van der Waals surface area (Å²) < 4.78 is 0. The van der Waals surface area contributed by atoms with Crippen molar-refractivity contribution >= 4 is 5.91 Å². The lowest BCUT2D eigenvalue weighted by Gasteiger charge is -2.30. The Balaban J connectivity index is 2.22. The molecule has 1 saturated carbocycles. The van der Waals surface area contributed by atoms with Crippen molar-refractivity contribution in [2.75, 3.05) is 13.1 Å². The molecule has 1 aliphatic rings. The van der Waals surface area contributed by atoms with Crippen LogP contribution in [-0.4, -0.2) is 19.0 Å². The maximum absolute atomic E-state index is 11.9. The monoisotopic (exact) mass is 268 g/mol. The van der Waals surface area contributed by atoms with Crippen molar-refractivity contribution in [1.29, 1.82) is 0 Å². The Hall–Kier alpha value is -0.570. The number of carbonyl (C=O) groups is 1. The molecule has 0 saturated heterocycles. The van der Waals surface area contributed by atoms with Crippen molar-refractivity contribution in [2.45, 2.75) is 59.8 Å². The van der Waals surface area contributed by atoms with Crippen LogP contribution in [0.25, 0.3) is 0 Å². The van der Waals surface area contributed by atoms with Gasteiger partial charge in [0, 0.05) is 13.0 Å². The van der Waals surface area contributed by atoms with Gasteiger partial charge in [0.1, 0.15) is 0 Å². The molecule has 0 aromatic carbocycles. The van der Waals surface area contributed by atoms with Gasteiger partial charge >= 0.3 is 0 Å². The molecule has 1 amide bonds. The fourth-order valence-corrected chi connectivity index (χ4v) is 2.71. The second-order valence-corrected chi connectivity index (χ2v) is 7.30. The summed E-state index contributed by atoms with van der Waals surface area (Å²) >= 11 is 0. The predicted molar refractivity (Wildman–Crippen MR) is 80.7 cm³/mol. The van der Waals surface area contributed by atoms with Gasteiger partial charge in [0.25, 0.3) is 0 Å². The summed E-state index contributed by atoms with van der Waals surface area (Å²) in [5.41, 5.74) is 5.91. The van der Waals surface area contributed by atoms with E-state index in [1.807, 2.05) is 0 Å². The summed E-state index contributed by atoms with van der Waals surface area (Å²) in [6.45, 7) is 10.5. The van der Waals surface area contributed by atoms with Crippen LogP contribution in [0, 0.1) is 23.2 Å². The normalized spacial score (nSPS) is 19.0. The number of carbonyl (C=O) groups excluding carboxylic acids is 1. The van der Waals surface area contributed by atoms with Crippen molar-refractivity contribution in [3.63, 3.8) is 0 Å². The number of hydrogen-bond donors (Lipinski definition) is 2. The van der Waals surface area contributed by atoms with Crippen LogP contribution in [0.15, 0.2) is 0 Å². The fraction of sp³-hybridized carbons (Fsp3) is 0.938. The average Bonchev–Trinajstić information content (AvgIpc) is 3.13. The Labute approximate surface area is 118 Å². The molecular weight excluding hydrogens is 236 g/mol. The van der Waals surface area contributed by atoms with Crippen molar-refractivity contribution < 1.29 is 4.79 Å². The average molecular weight is 268 g/mol. The zero-order chi connectivity index (χ0) is 14.5. The second kappa shape index (κ2) is 7.28. The van der Waals surface area contributed by atoms with Crippen LogP contribution in [0.2, 0.25) is 0 Å². The highest BCUT2D eigenvalue weighted by Gasteiger charge is 2.28. The molecule has 1 fully saturated rings. The lowest BCUT2D eigenvalue weighted by molar-refractivity contribution is -0.121. The minimum atomic E-state index is 0.207. The van der Waals surface area contributed by atoms with Gasteiger partial charge in [-0.1, -0.05) is 27.7 Å². The lowest BCUT2D eigenvalue weighted by Crippen LogP contribution is -2.30. The number of amides is 1. The minimum absolute atomic E-state index is 0.207. The molecule has 0 aromatic heterocycles. The first-order chi connectivity index (χ1) is 8.84. The Morgan fingerprint density at radius 2 is 1.95 bits per heavy atom. The highest BCUT2D eigenvalue weighted by Crippen LogP contribution is 2.36. The van der Waals surface area contributed by atoms with Crippen LogP contribution in [0.5, 0.6) is 0 Å². The minimum Gasteiger partial charge on any atom is -0.356 e. The Kier molecular flexibility index (Phi) is 6.31. The predicted octanol–water partition coefficient (Wildman–Crippen LogP) is 2.94. The van der Waals surface area contributed by atoms with Gasteiger partial charge in [-0.05, 0) is 55.4 Å². The summed E-state index contributed by atoms with van der Waals surface area (Å²) in [6.07, 6.45) is 5.29. The van der Waals surface area contributed by atoms with Crippen molar-refractivity contribution in [2.24, 2.45) is 28.9 Å². The van der Waals surface area contributed by atoms with E-state index in [4.69, 9.17) is 5.73 Å². The molecule has 3 heteroatoms. The van der Waals surface area contributed by atoms with E-state index in [0.29, 0.717) is 24.8 Å². The smallest absolute Gasteiger partial charge is 0.220 e. The summed E-state index contributed by atoms with van der Waals surface area (Å²) in [5.74, 6) is 2.24. The van der Waals surface area contributed by atoms with E-state index in [0.717, 1.165) is 25.3 Å². The third kappa shape index (κ3) is 6.42. The molecular formula is C16H32N2O. The third-order valence-electron chi connectivity index (χ3n) is 4.51. The van der Waals surface area contributed by atoms with Gasteiger partial charge in [-0.2, -0.15) is 0 Å². The SMILES string of the molecule is CC(CNC(=O)CCC(CCN)C(C)(C)C)C1CC1. The van der Waals surface area contributed by atoms with Gasteiger partial charge in [-0.25, -0.2) is 0 Å². The summed E-state index contributed by atoms with van der Waals surface area (Å²) in [6, 6.07) is 0.